The van der Waals surface area contributed by atoms with Crippen LogP contribution in [-0.2, 0) is 19.1 Å². The Labute approximate surface area is 240 Å². The van der Waals surface area contributed by atoms with Crippen LogP contribution in [0.3, 0.4) is 0 Å². The topological polar surface area (TPSA) is 188 Å². The van der Waals surface area contributed by atoms with E-state index in [2.05, 4.69) is 21.3 Å². The van der Waals surface area contributed by atoms with E-state index < -0.39 is 36.3 Å². The van der Waals surface area contributed by atoms with Crippen LogP contribution < -0.4 is 31.9 Å². The summed E-state index contributed by atoms with van der Waals surface area (Å²) in [5, 5.41) is 17.4. The second-order valence-corrected chi connectivity index (χ2v) is 9.35. The van der Waals surface area contributed by atoms with Gasteiger partial charge in [-0.2, -0.15) is 0 Å². The Balaban J connectivity index is 1.58. The SMILES string of the molecule is COC(=O)C(CNC(=O)CNC(=O)c1cccc(NC(=N)N)c1)NC(=O)c1c(Cl)cc(N2CCOCC2)cc1Cl. The lowest BCUT2D eigenvalue weighted by molar-refractivity contribution is -0.142. The van der Waals surface area contributed by atoms with Crippen molar-refractivity contribution in [3.05, 3.63) is 57.6 Å². The summed E-state index contributed by atoms with van der Waals surface area (Å²) in [4.78, 5) is 52.1. The fraction of sp³-hybridized carbons (Fsp3) is 0.320. The predicted molar refractivity (Wildman–Crippen MR) is 150 cm³/mol. The second kappa shape index (κ2) is 14.4. The first-order valence-electron chi connectivity index (χ1n) is 12.1. The summed E-state index contributed by atoms with van der Waals surface area (Å²) in [5.74, 6) is -3.02. The summed E-state index contributed by atoms with van der Waals surface area (Å²) in [6.45, 7) is 1.66. The maximum atomic E-state index is 13.0. The summed E-state index contributed by atoms with van der Waals surface area (Å²) in [6, 6.07) is 8.13. The molecule has 0 aromatic heterocycles. The molecule has 0 spiro atoms. The van der Waals surface area contributed by atoms with E-state index in [9.17, 15) is 19.2 Å². The van der Waals surface area contributed by atoms with E-state index in [-0.39, 0.29) is 33.7 Å². The Hall–Kier alpha value is -4.07. The number of benzene rings is 2. The summed E-state index contributed by atoms with van der Waals surface area (Å²) < 4.78 is 10.1. The third-order valence-corrected chi connectivity index (χ3v) is 6.33. The predicted octanol–water partition coefficient (Wildman–Crippen LogP) is 0.953. The Morgan fingerprint density at radius 1 is 1.07 bits per heavy atom. The molecular formula is C25H29Cl2N7O6. The average molecular weight is 594 g/mol. The van der Waals surface area contributed by atoms with E-state index in [4.69, 9.17) is 43.8 Å². The number of guanidine groups is 1. The molecule has 1 unspecified atom stereocenters. The number of amides is 3. The first kappa shape index (κ1) is 30.5. The smallest absolute Gasteiger partial charge is 0.330 e. The van der Waals surface area contributed by atoms with E-state index >= 15 is 0 Å². The van der Waals surface area contributed by atoms with Gasteiger partial charge in [0.05, 0.1) is 42.5 Å². The molecular weight excluding hydrogens is 565 g/mol. The minimum absolute atomic E-state index is 0.0330. The molecule has 2 aromatic rings. The molecule has 0 aliphatic carbocycles. The molecule has 0 bridgehead atoms. The molecule has 3 amide bonds. The second-order valence-electron chi connectivity index (χ2n) is 8.54. The molecule has 7 N–H and O–H groups in total. The van der Waals surface area contributed by atoms with Crippen molar-refractivity contribution in [2.45, 2.75) is 6.04 Å². The third kappa shape index (κ3) is 8.46. The van der Waals surface area contributed by atoms with Crippen LogP contribution in [0.4, 0.5) is 11.4 Å². The van der Waals surface area contributed by atoms with Crippen molar-refractivity contribution in [1.82, 2.24) is 16.0 Å². The van der Waals surface area contributed by atoms with Crippen molar-refractivity contribution >= 4 is 64.2 Å². The van der Waals surface area contributed by atoms with Gasteiger partial charge in [0.25, 0.3) is 11.8 Å². The summed E-state index contributed by atoms with van der Waals surface area (Å²) in [5.41, 5.74) is 6.65. The van der Waals surface area contributed by atoms with Gasteiger partial charge in [-0.15, -0.1) is 0 Å². The van der Waals surface area contributed by atoms with Crippen LogP contribution in [0.2, 0.25) is 10.0 Å². The van der Waals surface area contributed by atoms with Crippen LogP contribution in [0.15, 0.2) is 36.4 Å². The Morgan fingerprint density at radius 3 is 2.38 bits per heavy atom. The molecule has 0 saturated carbocycles. The molecule has 1 heterocycles. The van der Waals surface area contributed by atoms with Gasteiger partial charge in [-0.3, -0.25) is 19.8 Å². The molecule has 0 radical (unpaired) electrons. The normalized spacial score (nSPS) is 13.5. The number of anilines is 2. The van der Waals surface area contributed by atoms with Gasteiger partial charge in [-0.25, -0.2) is 4.79 Å². The van der Waals surface area contributed by atoms with E-state index in [1.54, 1.807) is 24.3 Å². The van der Waals surface area contributed by atoms with Crippen LogP contribution in [0.25, 0.3) is 0 Å². The molecule has 1 saturated heterocycles. The molecule has 1 aliphatic rings. The minimum Gasteiger partial charge on any atom is -0.467 e. The van der Waals surface area contributed by atoms with Crippen LogP contribution >= 0.6 is 23.2 Å². The lowest BCUT2D eigenvalue weighted by Crippen LogP contribution is -2.50. The summed E-state index contributed by atoms with van der Waals surface area (Å²) >= 11 is 12.8. The van der Waals surface area contributed by atoms with Crippen molar-refractivity contribution in [1.29, 1.82) is 5.41 Å². The van der Waals surface area contributed by atoms with Crippen molar-refractivity contribution in [3.63, 3.8) is 0 Å². The fourth-order valence-electron chi connectivity index (χ4n) is 3.78. The van der Waals surface area contributed by atoms with Crippen molar-refractivity contribution in [2.75, 3.05) is 56.7 Å². The van der Waals surface area contributed by atoms with Crippen molar-refractivity contribution < 1.29 is 28.7 Å². The Morgan fingerprint density at radius 2 is 1.75 bits per heavy atom. The van der Waals surface area contributed by atoms with Crippen LogP contribution in [0.1, 0.15) is 20.7 Å². The number of carbonyl (C=O) groups excluding carboxylic acids is 4. The molecule has 1 fully saturated rings. The number of esters is 1. The largest absolute Gasteiger partial charge is 0.467 e. The zero-order chi connectivity index (χ0) is 29.2. The maximum Gasteiger partial charge on any atom is 0.330 e. The van der Waals surface area contributed by atoms with Gasteiger partial charge in [0, 0.05) is 36.6 Å². The molecule has 13 nitrogen and oxygen atoms in total. The number of hydrogen-bond donors (Lipinski definition) is 6. The zero-order valence-electron chi connectivity index (χ0n) is 21.5. The number of nitrogens with zero attached hydrogens (tertiary/aromatic N) is 1. The average Bonchev–Trinajstić information content (AvgIpc) is 2.93. The molecule has 2 aromatic carbocycles. The fourth-order valence-corrected chi connectivity index (χ4v) is 4.43. The number of nitrogens with two attached hydrogens (primary N) is 1. The highest BCUT2D eigenvalue weighted by Crippen LogP contribution is 2.31. The van der Waals surface area contributed by atoms with E-state index in [0.717, 1.165) is 12.8 Å². The monoisotopic (exact) mass is 593 g/mol. The number of morpholine rings is 1. The van der Waals surface area contributed by atoms with Crippen molar-refractivity contribution in [2.24, 2.45) is 5.73 Å². The lowest BCUT2D eigenvalue weighted by atomic mass is 10.1. The highest BCUT2D eigenvalue weighted by atomic mass is 35.5. The molecule has 40 heavy (non-hydrogen) atoms. The Kier molecular flexibility index (Phi) is 10.9. The Bertz CT molecular complexity index is 1260. The highest BCUT2D eigenvalue weighted by molar-refractivity contribution is 6.40. The van der Waals surface area contributed by atoms with E-state index in [1.807, 2.05) is 4.90 Å². The van der Waals surface area contributed by atoms with Crippen molar-refractivity contribution in [3.8, 4) is 0 Å². The van der Waals surface area contributed by atoms with Gasteiger partial charge in [0.2, 0.25) is 5.91 Å². The number of ether oxygens (including phenoxy) is 2. The third-order valence-electron chi connectivity index (χ3n) is 5.74. The highest BCUT2D eigenvalue weighted by Gasteiger charge is 2.26. The lowest BCUT2D eigenvalue weighted by Gasteiger charge is -2.29. The van der Waals surface area contributed by atoms with Gasteiger partial charge in [-0.1, -0.05) is 29.3 Å². The number of methoxy groups -OCH3 is 1. The van der Waals surface area contributed by atoms with Crippen LogP contribution in [0, 0.1) is 5.41 Å². The summed E-state index contributed by atoms with van der Waals surface area (Å²) in [6.07, 6.45) is 0. The quantitative estimate of drug-likeness (QED) is 0.132. The number of nitrogens with one attached hydrogen (secondary N) is 5. The first-order chi connectivity index (χ1) is 19.1. The molecule has 1 atom stereocenters. The summed E-state index contributed by atoms with van der Waals surface area (Å²) in [7, 11) is 1.13. The minimum atomic E-state index is -1.27. The standard InChI is InChI=1S/C25H29Cl2N7O6/c1-39-24(38)19(12-30-20(35)13-31-22(36)14-3-2-4-15(9-14)32-25(28)29)33-23(37)21-17(26)10-16(11-18(21)27)34-5-7-40-8-6-34/h2-4,9-11,19H,5-8,12-13H2,1H3,(H,30,35)(H,31,36)(H,33,37)(H4,28,29,32). The molecule has 1 aliphatic heterocycles. The van der Waals surface area contributed by atoms with Gasteiger partial charge >= 0.3 is 5.97 Å². The van der Waals surface area contributed by atoms with Gasteiger partial charge in [0.1, 0.15) is 6.04 Å². The zero-order valence-corrected chi connectivity index (χ0v) is 23.0. The number of carbonyl (C=O) groups is 4. The molecule has 214 valence electrons. The van der Waals surface area contributed by atoms with Gasteiger partial charge in [0.15, 0.2) is 5.96 Å². The van der Waals surface area contributed by atoms with E-state index in [1.165, 1.54) is 12.1 Å². The maximum absolute atomic E-state index is 13.0. The molecule has 3 rings (SSSR count). The van der Waals surface area contributed by atoms with E-state index in [0.29, 0.717) is 32.0 Å². The van der Waals surface area contributed by atoms with Crippen LogP contribution in [0.5, 0.6) is 0 Å². The van der Waals surface area contributed by atoms with Gasteiger partial charge in [-0.05, 0) is 30.3 Å². The number of rotatable bonds is 10. The van der Waals surface area contributed by atoms with Crippen LogP contribution in [-0.4, -0.2) is 82.2 Å². The number of halogens is 2. The van der Waals surface area contributed by atoms with Gasteiger partial charge < -0.3 is 41.4 Å². The molecule has 15 heteroatoms. The first-order valence-corrected chi connectivity index (χ1v) is 12.8. The number of hydrogen-bond acceptors (Lipinski definition) is 8.